The molecular formula is C49H83ClN2O. The summed E-state index contributed by atoms with van der Waals surface area (Å²) in [6, 6.07) is 17.2. The Morgan fingerprint density at radius 1 is 0.849 bits per heavy atom. The van der Waals surface area contributed by atoms with Crippen LogP contribution in [0.15, 0.2) is 76.8 Å². The molecule has 3 nitrogen and oxygen atoms in total. The molecule has 0 amide bonds. The molecule has 0 heterocycles. The molecular weight excluding hydrogens is 668 g/mol. The highest BCUT2D eigenvalue weighted by atomic mass is 35.5. The topological polar surface area (TPSA) is 53.3 Å². The van der Waals surface area contributed by atoms with Gasteiger partial charge >= 0.3 is 0 Å². The maximum Gasteiger partial charge on any atom is 0.129 e. The van der Waals surface area contributed by atoms with Crippen molar-refractivity contribution in [3.63, 3.8) is 0 Å². The summed E-state index contributed by atoms with van der Waals surface area (Å²) in [6.45, 7) is 43.0. The normalized spacial score (nSPS) is 19.4. The van der Waals surface area contributed by atoms with Crippen LogP contribution in [-0.4, -0.2) is 17.7 Å². The molecule has 53 heavy (non-hydrogen) atoms. The third-order valence-corrected chi connectivity index (χ3v) is 10.5. The minimum atomic E-state index is -0.206. The summed E-state index contributed by atoms with van der Waals surface area (Å²) in [5.74, 6) is 0.988. The number of carbonyl (C=O) groups is 1. The highest BCUT2D eigenvalue weighted by molar-refractivity contribution is 6.30. The molecule has 0 aliphatic heterocycles. The number of allylic oxidation sites excluding steroid dienone is 4. The van der Waals surface area contributed by atoms with E-state index in [1.165, 1.54) is 28.6 Å². The predicted octanol–water partition coefficient (Wildman–Crippen LogP) is 16.4. The number of nitrogens with one attached hydrogen (secondary N) is 1. The Labute approximate surface area is 335 Å². The predicted molar refractivity (Wildman–Crippen MR) is 243 cm³/mol. The minimum Gasteiger partial charge on any atom is -0.313 e. The second kappa shape index (κ2) is 27.7. The molecule has 4 heteroatoms. The van der Waals surface area contributed by atoms with Crippen LogP contribution >= 0.6 is 11.6 Å². The van der Waals surface area contributed by atoms with Gasteiger partial charge in [0.1, 0.15) is 5.78 Å². The zero-order valence-corrected chi connectivity index (χ0v) is 38.9. The van der Waals surface area contributed by atoms with E-state index in [0.29, 0.717) is 12.3 Å². The molecule has 0 saturated heterocycles. The summed E-state index contributed by atoms with van der Waals surface area (Å²) in [4.78, 5) is 15.4. The lowest BCUT2D eigenvalue weighted by atomic mass is 9.53. The van der Waals surface area contributed by atoms with Crippen molar-refractivity contribution < 1.29 is 4.79 Å². The van der Waals surface area contributed by atoms with E-state index in [9.17, 15) is 4.79 Å². The molecule has 0 saturated carbocycles. The van der Waals surface area contributed by atoms with E-state index < -0.39 is 0 Å². The number of Topliss-reactive ketones (excluding diaryl/α,β-unsaturated/α-hetero) is 1. The van der Waals surface area contributed by atoms with E-state index in [-0.39, 0.29) is 34.0 Å². The van der Waals surface area contributed by atoms with Crippen molar-refractivity contribution in [2.75, 3.05) is 0 Å². The van der Waals surface area contributed by atoms with Gasteiger partial charge in [-0.25, -0.2) is 0 Å². The van der Waals surface area contributed by atoms with E-state index >= 15 is 0 Å². The first-order valence-corrected chi connectivity index (χ1v) is 21.0. The van der Waals surface area contributed by atoms with Gasteiger partial charge in [-0.3, -0.25) is 4.99 Å². The van der Waals surface area contributed by atoms with Crippen molar-refractivity contribution in [1.82, 2.24) is 0 Å². The first-order chi connectivity index (χ1) is 24.9. The van der Waals surface area contributed by atoms with Crippen molar-refractivity contribution in [2.24, 2.45) is 27.2 Å². The Kier molecular flexibility index (Phi) is 28.6. The first-order valence-electron chi connectivity index (χ1n) is 20.6. The summed E-state index contributed by atoms with van der Waals surface area (Å²) in [5.41, 5.74) is 8.14. The Morgan fingerprint density at radius 2 is 1.28 bits per heavy atom. The second-order valence-corrected chi connectivity index (χ2v) is 15.1. The highest BCUT2D eigenvalue weighted by Crippen LogP contribution is 2.57. The fraction of sp³-hybridized carbons (Fsp3) is 0.612. The number of halogens is 1. The average Bonchev–Trinajstić information content (AvgIpc) is 3.15. The van der Waals surface area contributed by atoms with Gasteiger partial charge in [-0.2, -0.15) is 0 Å². The van der Waals surface area contributed by atoms with Crippen molar-refractivity contribution in [1.29, 1.82) is 5.41 Å². The van der Waals surface area contributed by atoms with Crippen LogP contribution in [0.3, 0.4) is 0 Å². The number of nitrogens with zero attached hydrogens (tertiary/aromatic N) is 1. The summed E-state index contributed by atoms with van der Waals surface area (Å²) in [6.07, 6.45) is 10.3. The molecule has 5 atom stereocenters. The van der Waals surface area contributed by atoms with Gasteiger partial charge in [0.25, 0.3) is 0 Å². The lowest BCUT2D eigenvalue weighted by Gasteiger charge is -2.51. The van der Waals surface area contributed by atoms with Crippen LogP contribution in [0.5, 0.6) is 0 Å². The highest BCUT2D eigenvalue weighted by Gasteiger charge is 2.47. The van der Waals surface area contributed by atoms with Crippen LogP contribution in [0.1, 0.15) is 186 Å². The summed E-state index contributed by atoms with van der Waals surface area (Å²) in [7, 11) is 0. The molecule has 0 radical (unpaired) electrons. The molecule has 0 fully saturated rings. The molecule has 0 bridgehead atoms. The Bertz CT molecular complexity index is 1380. The van der Waals surface area contributed by atoms with Gasteiger partial charge in [-0.05, 0) is 88.3 Å². The van der Waals surface area contributed by atoms with Gasteiger partial charge in [-0.15, -0.1) is 0 Å². The fourth-order valence-electron chi connectivity index (χ4n) is 6.30. The Balaban J connectivity index is -0.00000156. The van der Waals surface area contributed by atoms with Crippen LogP contribution in [-0.2, 0) is 4.79 Å². The van der Waals surface area contributed by atoms with E-state index in [2.05, 4.69) is 125 Å². The third kappa shape index (κ3) is 16.2. The van der Waals surface area contributed by atoms with Gasteiger partial charge in [0, 0.05) is 33.9 Å². The third-order valence-electron chi connectivity index (χ3n) is 10.3. The van der Waals surface area contributed by atoms with Gasteiger partial charge < -0.3 is 10.2 Å². The lowest BCUT2D eigenvalue weighted by molar-refractivity contribution is -0.116. The number of ketones is 1. The Morgan fingerprint density at radius 3 is 1.66 bits per heavy atom. The molecule has 1 aliphatic carbocycles. The fourth-order valence-corrected chi connectivity index (χ4v) is 6.42. The van der Waals surface area contributed by atoms with Gasteiger partial charge in [0.05, 0.1) is 6.04 Å². The molecule has 2 aromatic rings. The first kappa shape index (κ1) is 54.6. The van der Waals surface area contributed by atoms with Crippen LogP contribution in [0, 0.1) is 34.5 Å². The van der Waals surface area contributed by atoms with Crippen molar-refractivity contribution in [3.05, 3.63) is 93.5 Å². The van der Waals surface area contributed by atoms with Crippen LogP contribution in [0.25, 0.3) is 0 Å². The number of aliphatic imine (C=N–C) groups is 1. The minimum absolute atomic E-state index is 0.0136. The van der Waals surface area contributed by atoms with E-state index in [1.807, 2.05) is 60.6 Å². The molecule has 0 spiro atoms. The monoisotopic (exact) mass is 751 g/mol. The van der Waals surface area contributed by atoms with E-state index in [4.69, 9.17) is 22.0 Å². The summed E-state index contributed by atoms with van der Waals surface area (Å²) < 4.78 is 0. The van der Waals surface area contributed by atoms with Crippen LogP contribution in [0.4, 0.5) is 0 Å². The van der Waals surface area contributed by atoms with E-state index in [0.717, 1.165) is 24.3 Å². The van der Waals surface area contributed by atoms with E-state index in [1.54, 1.807) is 25.0 Å². The molecule has 1 aliphatic rings. The van der Waals surface area contributed by atoms with Gasteiger partial charge in [0.15, 0.2) is 0 Å². The van der Waals surface area contributed by atoms with Crippen molar-refractivity contribution in [3.8, 4) is 0 Å². The number of hydrogen-bond acceptors (Lipinski definition) is 3. The van der Waals surface area contributed by atoms with Gasteiger partial charge in [-0.1, -0.05) is 187 Å². The largest absolute Gasteiger partial charge is 0.313 e. The number of benzene rings is 2. The standard InChI is InChI=1S/C37H52ClN.C4H8O.C2H5N.3C2H6/c1-12-14-32-33(26(4)13-2)37(11,35(7,8)9)24-23-36(32,10)28(6)39-34(30-17-15-25(3)16-18-30)27(5)29-19-21-31(38)22-20-29;1-3-4(2)5;1-2-3;3*1-2/h15-24,26-27,34H,12-14H2,1-11H3;3H2,1-2H3;2-3H,1H3;3*1-2H3. The summed E-state index contributed by atoms with van der Waals surface area (Å²) >= 11 is 6.25. The molecule has 2 aromatic carbocycles. The summed E-state index contributed by atoms with van der Waals surface area (Å²) in [5, 5.41) is 6.85. The lowest BCUT2D eigenvalue weighted by Crippen LogP contribution is -2.42. The zero-order chi connectivity index (χ0) is 42.2. The number of rotatable bonds is 10. The second-order valence-electron chi connectivity index (χ2n) is 14.7. The van der Waals surface area contributed by atoms with Gasteiger partial charge in [0.2, 0.25) is 0 Å². The van der Waals surface area contributed by atoms with Crippen LogP contribution < -0.4 is 0 Å². The molecule has 0 aromatic heterocycles. The quantitative estimate of drug-likeness (QED) is 0.191. The van der Waals surface area contributed by atoms with Crippen molar-refractivity contribution in [2.45, 2.75) is 176 Å². The zero-order valence-electron chi connectivity index (χ0n) is 38.1. The smallest absolute Gasteiger partial charge is 0.129 e. The molecule has 1 N–H and O–H groups in total. The molecule has 3 rings (SSSR count). The number of carbonyl (C=O) groups excluding carboxylic acids is 1. The number of hydrogen-bond donors (Lipinski definition) is 1. The maximum atomic E-state index is 9.81. The van der Waals surface area contributed by atoms with Crippen molar-refractivity contribution >= 4 is 29.3 Å². The Hall–Kier alpha value is -2.78. The van der Waals surface area contributed by atoms with Crippen LogP contribution in [0.2, 0.25) is 5.02 Å². The average molecular weight is 752 g/mol. The number of aryl methyl sites for hydroxylation is 1. The SMILES string of the molecule is CC.CC.CC.CC=N.CCC(C)=O.CCCC1=C(C(C)CC)C(C)(C(C)(C)C)C=CC1(C)C(C)=NC(c1ccc(C)cc1)C(C)c1ccc(Cl)cc1. The molecule has 302 valence electrons. The maximum absolute atomic E-state index is 9.81. The molecule has 5 unspecified atom stereocenters.